The molecule has 2 rings (SSSR count). The third-order valence-electron chi connectivity index (χ3n) is 1.48. The largest absolute Gasteiger partial charge is 0.380 e. The van der Waals surface area contributed by atoms with E-state index in [1.165, 1.54) is 12.3 Å². The third kappa shape index (κ3) is 1.03. The Kier molecular flexibility index (Phi) is 1.51. The molecule has 0 radical (unpaired) electrons. The number of aromatic nitrogens is 1. The summed E-state index contributed by atoms with van der Waals surface area (Å²) < 4.78 is 0. The molecule has 2 heterocycles. The molecule has 0 spiro atoms. The first-order valence-electron chi connectivity index (χ1n) is 3.46. The van der Waals surface area contributed by atoms with E-state index in [0.29, 0.717) is 11.4 Å². The van der Waals surface area contributed by atoms with Gasteiger partial charge in [-0.2, -0.15) is 0 Å². The van der Waals surface area contributed by atoms with E-state index in [0.717, 1.165) is 0 Å². The van der Waals surface area contributed by atoms with Crippen LogP contribution in [0.5, 0.6) is 5.75 Å². The molecule has 0 unspecified atom stereocenters. The van der Waals surface area contributed by atoms with Crippen LogP contribution in [0, 0.1) is 0 Å². The van der Waals surface area contributed by atoms with E-state index in [1.807, 2.05) is 0 Å². The molecule has 1 N–H and O–H groups in total. The van der Waals surface area contributed by atoms with Crippen molar-refractivity contribution in [3.63, 3.8) is 0 Å². The maximum atomic E-state index is 11.2. The predicted molar refractivity (Wildman–Crippen MR) is 41.5 cm³/mol. The lowest BCUT2D eigenvalue weighted by atomic mass is 10.2. The summed E-state index contributed by atoms with van der Waals surface area (Å²) in [4.78, 5) is 20.1. The molecular weight excluding hydrogens is 156 g/mol. The van der Waals surface area contributed by atoms with E-state index in [-0.39, 0.29) is 5.78 Å². The zero-order valence-corrected chi connectivity index (χ0v) is 6.15. The van der Waals surface area contributed by atoms with Crippen molar-refractivity contribution < 1.29 is 9.63 Å². The molecule has 4 nitrogen and oxygen atoms in total. The molecule has 0 aromatic carbocycles. The lowest BCUT2D eigenvalue weighted by molar-refractivity contribution is 0.104. The average molecular weight is 162 g/mol. The van der Waals surface area contributed by atoms with Crippen molar-refractivity contribution in [1.82, 2.24) is 10.5 Å². The normalized spacial score (nSPS) is 14.2. The van der Waals surface area contributed by atoms with Gasteiger partial charge < -0.3 is 4.84 Å². The number of ketones is 1. The highest BCUT2D eigenvalue weighted by molar-refractivity contribution is 6.05. The first kappa shape index (κ1) is 6.84. The van der Waals surface area contributed by atoms with E-state index < -0.39 is 0 Å². The minimum atomic E-state index is -0.157. The van der Waals surface area contributed by atoms with Gasteiger partial charge in [-0.3, -0.25) is 4.79 Å². The van der Waals surface area contributed by atoms with Crippen LogP contribution in [0.3, 0.4) is 0 Å². The predicted octanol–water partition coefficient (Wildman–Crippen LogP) is 0.675. The number of hydrogen-bond acceptors (Lipinski definition) is 4. The Labute approximate surface area is 68.8 Å². The molecule has 0 atom stereocenters. The van der Waals surface area contributed by atoms with Gasteiger partial charge in [-0.1, -0.05) is 0 Å². The van der Waals surface area contributed by atoms with E-state index in [1.54, 1.807) is 18.3 Å². The second-order valence-electron chi connectivity index (χ2n) is 2.27. The Bertz CT molecular complexity index is 347. The monoisotopic (exact) mass is 162 g/mol. The van der Waals surface area contributed by atoms with Crippen LogP contribution in [0.4, 0.5) is 0 Å². The van der Waals surface area contributed by atoms with Crippen molar-refractivity contribution in [2.24, 2.45) is 0 Å². The molecule has 0 fully saturated rings. The van der Waals surface area contributed by atoms with Gasteiger partial charge in [0.05, 0.1) is 0 Å². The SMILES string of the molecule is O=C1C=CNOc2cccnc21. The van der Waals surface area contributed by atoms with Crippen LogP contribution in [-0.2, 0) is 0 Å². The number of rotatable bonds is 0. The van der Waals surface area contributed by atoms with Crippen LogP contribution in [0.1, 0.15) is 10.5 Å². The fourth-order valence-corrected chi connectivity index (χ4v) is 0.944. The number of pyridine rings is 1. The number of carbonyl (C=O) groups is 1. The van der Waals surface area contributed by atoms with Crippen molar-refractivity contribution in [3.8, 4) is 5.75 Å². The number of hydrogen-bond donors (Lipinski definition) is 1. The number of nitrogens with zero attached hydrogens (tertiary/aromatic N) is 1. The molecule has 0 saturated carbocycles. The zero-order valence-electron chi connectivity index (χ0n) is 6.15. The molecule has 1 aliphatic heterocycles. The number of hydroxylamine groups is 1. The summed E-state index contributed by atoms with van der Waals surface area (Å²) in [5, 5.41) is 0. The number of fused-ring (bicyclic) bond motifs is 1. The van der Waals surface area contributed by atoms with Crippen LogP contribution in [0.25, 0.3) is 0 Å². The highest BCUT2D eigenvalue weighted by Crippen LogP contribution is 2.16. The Morgan fingerprint density at radius 1 is 1.50 bits per heavy atom. The molecule has 0 bridgehead atoms. The average Bonchev–Trinajstić information content (AvgIpc) is 2.29. The van der Waals surface area contributed by atoms with Crippen LogP contribution in [0.15, 0.2) is 30.6 Å². The summed E-state index contributed by atoms with van der Waals surface area (Å²) in [6, 6.07) is 3.39. The highest BCUT2D eigenvalue weighted by Gasteiger charge is 2.13. The zero-order chi connectivity index (χ0) is 8.39. The molecule has 4 heteroatoms. The number of allylic oxidation sites excluding steroid dienone is 1. The smallest absolute Gasteiger partial charge is 0.209 e. The second-order valence-corrected chi connectivity index (χ2v) is 2.27. The second kappa shape index (κ2) is 2.65. The lowest BCUT2D eigenvalue weighted by Gasteiger charge is -2.02. The molecule has 1 aromatic rings. The molecule has 60 valence electrons. The summed E-state index contributed by atoms with van der Waals surface area (Å²) in [5.41, 5.74) is 2.82. The van der Waals surface area contributed by atoms with Gasteiger partial charge in [0.25, 0.3) is 0 Å². The minimum Gasteiger partial charge on any atom is -0.380 e. The first-order chi connectivity index (χ1) is 5.88. The van der Waals surface area contributed by atoms with Crippen molar-refractivity contribution in [1.29, 1.82) is 0 Å². The van der Waals surface area contributed by atoms with Crippen molar-refractivity contribution >= 4 is 5.78 Å². The van der Waals surface area contributed by atoms with E-state index in [2.05, 4.69) is 10.5 Å². The standard InChI is InChI=1S/C8H6N2O2/c11-6-3-5-10-12-7-2-1-4-9-8(6)7/h1-5,10H. The lowest BCUT2D eigenvalue weighted by Crippen LogP contribution is -2.09. The Morgan fingerprint density at radius 2 is 2.42 bits per heavy atom. The van der Waals surface area contributed by atoms with Gasteiger partial charge in [-0.05, 0) is 12.1 Å². The quantitative estimate of drug-likeness (QED) is 0.609. The van der Waals surface area contributed by atoms with Gasteiger partial charge in [0, 0.05) is 18.5 Å². The van der Waals surface area contributed by atoms with Crippen LogP contribution in [-0.4, -0.2) is 10.8 Å². The Balaban J connectivity index is 2.53. The first-order valence-corrected chi connectivity index (χ1v) is 3.46. The summed E-state index contributed by atoms with van der Waals surface area (Å²) >= 11 is 0. The summed E-state index contributed by atoms with van der Waals surface area (Å²) in [6.45, 7) is 0. The molecule has 1 aromatic heterocycles. The molecule has 0 amide bonds. The van der Waals surface area contributed by atoms with Crippen LogP contribution < -0.4 is 10.3 Å². The summed E-state index contributed by atoms with van der Waals surface area (Å²) in [5.74, 6) is 0.295. The fraction of sp³-hybridized carbons (Fsp3) is 0. The molecule has 0 aliphatic carbocycles. The van der Waals surface area contributed by atoms with Gasteiger partial charge in [-0.15, -0.1) is 0 Å². The third-order valence-corrected chi connectivity index (χ3v) is 1.48. The van der Waals surface area contributed by atoms with Gasteiger partial charge in [0.2, 0.25) is 5.78 Å². The van der Waals surface area contributed by atoms with Crippen molar-refractivity contribution in [3.05, 3.63) is 36.3 Å². The molecular formula is C8H6N2O2. The van der Waals surface area contributed by atoms with Crippen LogP contribution >= 0.6 is 0 Å². The molecule has 1 aliphatic rings. The topological polar surface area (TPSA) is 51.2 Å². The highest BCUT2D eigenvalue weighted by atomic mass is 16.6. The van der Waals surface area contributed by atoms with Crippen molar-refractivity contribution in [2.75, 3.05) is 0 Å². The maximum absolute atomic E-state index is 11.2. The number of nitrogens with one attached hydrogen (secondary N) is 1. The molecule has 12 heavy (non-hydrogen) atoms. The minimum absolute atomic E-state index is 0.157. The van der Waals surface area contributed by atoms with E-state index in [9.17, 15) is 4.79 Å². The van der Waals surface area contributed by atoms with Crippen molar-refractivity contribution in [2.45, 2.75) is 0 Å². The van der Waals surface area contributed by atoms with Gasteiger partial charge in [-0.25, -0.2) is 10.5 Å². The van der Waals surface area contributed by atoms with E-state index in [4.69, 9.17) is 4.84 Å². The maximum Gasteiger partial charge on any atom is 0.209 e. The summed E-state index contributed by atoms with van der Waals surface area (Å²) in [6.07, 6.45) is 4.36. The van der Waals surface area contributed by atoms with E-state index >= 15 is 0 Å². The van der Waals surface area contributed by atoms with Crippen LogP contribution in [0.2, 0.25) is 0 Å². The fourth-order valence-electron chi connectivity index (χ4n) is 0.944. The number of carbonyl (C=O) groups excluding carboxylic acids is 1. The van der Waals surface area contributed by atoms with Gasteiger partial charge in [0.15, 0.2) is 11.4 Å². The summed E-state index contributed by atoms with van der Waals surface area (Å²) in [7, 11) is 0. The van der Waals surface area contributed by atoms with Gasteiger partial charge in [0.1, 0.15) is 0 Å². The van der Waals surface area contributed by atoms with Gasteiger partial charge >= 0.3 is 0 Å². The Hall–Kier alpha value is -1.84. The molecule has 0 saturated heterocycles. The Morgan fingerprint density at radius 3 is 3.33 bits per heavy atom.